The number of phenols is 2. The fraction of sp³-hybridized carbons (Fsp3) is 0.478. The van der Waals surface area contributed by atoms with Gasteiger partial charge in [-0.15, -0.1) is 0 Å². The average Bonchev–Trinajstić information content (AvgIpc) is 2.96. The minimum Gasteiger partial charge on any atom is -0.507 e. The van der Waals surface area contributed by atoms with Crippen LogP contribution in [0, 0.1) is 33.1 Å². The molecule has 1 saturated carbocycles. The monoisotopic (exact) mass is 338 g/mol. The summed E-state index contributed by atoms with van der Waals surface area (Å²) >= 11 is 0. The van der Waals surface area contributed by atoms with E-state index in [9.17, 15) is 10.2 Å². The lowest BCUT2D eigenvalue weighted by molar-refractivity contribution is 0.280. The molecule has 1 aliphatic rings. The molecular formula is C23H30O2. The van der Waals surface area contributed by atoms with Crippen LogP contribution >= 0.6 is 0 Å². The average molecular weight is 338 g/mol. The van der Waals surface area contributed by atoms with Gasteiger partial charge in [-0.3, -0.25) is 0 Å². The van der Waals surface area contributed by atoms with E-state index in [0.29, 0.717) is 11.5 Å². The van der Waals surface area contributed by atoms with Crippen LogP contribution in [0.1, 0.15) is 71.9 Å². The number of phenolic OH excluding ortho intramolecular Hbond substituents is 2. The molecule has 2 N–H and O–H groups in total. The molecule has 134 valence electrons. The molecule has 1 aliphatic carbocycles. The van der Waals surface area contributed by atoms with Crippen LogP contribution in [0.3, 0.4) is 0 Å². The Morgan fingerprint density at radius 1 is 0.760 bits per heavy atom. The SMILES string of the molecule is Cc1cc(C)c(O)c(C(c2cc(C)cc(C)c2O)C2(C)CCCC2)c1. The molecule has 0 amide bonds. The number of aromatic hydroxyl groups is 2. The first kappa shape index (κ1) is 17.8. The van der Waals surface area contributed by atoms with Crippen LogP contribution in [-0.2, 0) is 0 Å². The van der Waals surface area contributed by atoms with Gasteiger partial charge in [0.1, 0.15) is 11.5 Å². The van der Waals surface area contributed by atoms with Crippen LogP contribution in [0.5, 0.6) is 11.5 Å². The standard InChI is InChI=1S/C23H30O2/c1-14-10-16(3)21(24)18(12-14)20(23(5)8-6-7-9-23)19-13-15(2)11-17(4)22(19)25/h10-13,20,24-25H,6-9H2,1-5H3. The Balaban J connectivity index is 2.29. The summed E-state index contributed by atoms with van der Waals surface area (Å²) in [5.74, 6) is 0.761. The molecule has 0 aliphatic heterocycles. The van der Waals surface area contributed by atoms with Crippen molar-refractivity contribution in [2.24, 2.45) is 5.41 Å². The number of rotatable bonds is 3. The molecule has 0 aromatic heterocycles. The normalized spacial score (nSPS) is 16.6. The molecule has 3 rings (SSSR count). The molecule has 2 aromatic carbocycles. The van der Waals surface area contributed by atoms with E-state index in [2.05, 4.69) is 32.9 Å². The number of benzene rings is 2. The van der Waals surface area contributed by atoms with Gasteiger partial charge in [-0.25, -0.2) is 0 Å². The Morgan fingerprint density at radius 3 is 1.56 bits per heavy atom. The van der Waals surface area contributed by atoms with Gasteiger partial charge in [0.05, 0.1) is 0 Å². The van der Waals surface area contributed by atoms with Crippen molar-refractivity contribution in [2.75, 3.05) is 0 Å². The van der Waals surface area contributed by atoms with Gasteiger partial charge in [-0.2, -0.15) is 0 Å². The Labute approximate surface area is 151 Å². The van der Waals surface area contributed by atoms with Crippen molar-refractivity contribution in [3.05, 3.63) is 57.6 Å². The summed E-state index contributed by atoms with van der Waals surface area (Å²) in [5, 5.41) is 21.8. The predicted molar refractivity (Wildman–Crippen MR) is 104 cm³/mol. The van der Waals surface area contributed by atoms with Gasteiger partial charge >= 0.3 is 0 Å². The molecular weight excluding hydrogens is 308 g/mol. The highest BCUT2D eigenvalue weighted by atomic mass is 16.3. The van der Waals surface area contributed by atoms with Crippen molar-refractivity contribution in [3.8, 4) is 11.5 Å². The molecule has 0 saturated heterocycles. The van der Waals surface area contributed by atoms with E-state index in [-0.39, 0.29) is 11.3 Å². The number of aryl methyl sites for hydroxylation is 4. The van der Waals surface area contributed by atoms with Crippen molar-refractivity contribution in [3.63, 3.8) is 0 Å². The molecule has 0 bridgehead atoms. The van der Waals surface area contributed by atoms with Gasteiger partial charge in [-0.1, -0.05) is 55.2 Å². The molecule has 0 heterocycles. The Kier molecular flexibility index (Phi) is 4.57. The van der Waals surface area contributed by atoms with E-state index >= 15 is 0 Å². The maximum Gasteiger partial charge on any atom is 0.122 e. The fourth-order valence-electron chi connectivity index (χ4n) is 4.82. The number of hydrogen-bond acceptors (Lipinski definition) is 2. The van der Waals surface area contributed by atoms with E-state index < -0.39 is 0 Å². The topological polar surface area (TPSA) is 40.5 Å². The maximum absolute atomic E-state index is 10.9. The third-order valence-corrected chi connectivity index (χ3v) is 6.01. The second-order valence-corrected chi connectivity index (χ2v) is 8.33. The third-order valence-electron chi connectivity index (χ3n) is 6.01. The summed E-state index contributed by atoms with van der Waals surface area (Å²) in [6.45, 7) is 10.4. The summed E-state index contributed by atoms with van der Waals surface area (Å²) in [6, 6.07) is 8.25. The largest absolute Gasteiger partial charge is 0.507 e. The number of hydrogen-bond donors (Lipinski definition) is 2. The summed E-state index contributed by atoms with van der Waals surface area (Å²) in [5.41, 5.74) is 6.09. The predicted octanol–water partition coefficient (Wildman–Crippen LogP) is 6.04. The van der Waals surface area contributed by atoms with Gasteiger partial charge in [0, 0.05) is 17.0 Å². The lowest BCUT2D eigenvalue weighted by atomic mass is 9.67. The van der Waals surface area contributed by atoms with Crippen molar-refractivity contribution in [1.82, 2.24) is 0 Å². The molecule has 0 unspecified atom stereocenters. The molecule has 2 nitrogen and oxygen atoms in total. The van der Waals surface area contributed by atoms with Gasteiger partial charge in [-0.05, 0) is 57.1 Å². The van der Waals surface area contributed by atoms with Crippen LogP contribution in [0.25, 0.3) is 0 Å². The Hall–Kier alpha value is -1.96. The zero-order valence-corrected chi connectivity index (χ0v) is 16.1. The quantitative estimate of drug-likeness (QED) is 0.716. The van der Waals surface area contributed by atoms with Crippen LogP contribution < -0.4 is 0 Å². The first-order valence-corrected chi connectivity index (χ1v) is 9.33. The van der Waals surface area contributed by atoms with Crippen molar-refractivity contribution in [2.45, 2.75) is 66.2 Å². The van der Waals surface area contributed by atoms with Gasteiger partial charge in [0.15, 0.2) is 0 Å². The Bertz CT molecular complexity index is 741. The summed E-state index contributed by atoms with van der Waals surface area (Å²) in [7, 11) is 0. The van der Waals surface area contributed by atoms with Crippen molar-refractivity contribution in [1.29, 1.82) is 0 Å². The van der Waals surface area contributed by atoms with Crippen LogP contribution in [0.2, 0.25) is 0 Å². The Morgan fingerprint density at radius 2 is 1.16 bits per heavy atom. The molecule has 0 spiro atoms. The summed E-state index contributed by atoms with van der Waals surface area (Å²) in [4.78, 5) is 0. The lowest BCUT2D eigenvalue weighted by Gasteiger charge is -2.36. The van der Waals surface area contributed by atoms with Gasteiger partial charge in [0.2, 0.25) is 0 Å². The van der Waals surface area contributed by atoms with E-state index in [0.717, 1.165) is 46.2 Å². The van der Waals surface area contributed by atoms with Crippen molar-refractivity contribution >= 4 is 0 Å². The molecule has 0 radical (unpaired) electrons. The zero-order chi connectivity index (χ0) is 18.4. The second-order valence-electron chi connectivity index (χ2n) is 8.33. The molecule has 2 heteroatoms. The molecule has 1 fully saturated rings. The highest BCUT2D eigenvalue weighted by Crippen LogP contribution is 2.55. The van der Waals surface area contributed by atoms with E-state index in [1.54, 1.807) is 0 Å². The summed E-state index contributed by atoms with van der Waals surface area (Å²) < 4.78 is 0. The minimum absolute atomic E-state index is 0.00667. The smallest absolute Gasteiger partial charge is 0.122 e. The van der Waals surface area contributed by atoms with Crippen molar-refractivity contribution < 1.29 is 10.2 Å². The maximum atomic E-state index is 10.9. The van der Waals surface area contributed by atoms with E-state index in [1.165, 1.54) is 12.8 Å². The van der Waals surface area contributed by atoms with Crippen LogP contribution in [-0.4, -0.2) is 10.2 Å². The molecule has 25 heavy (non-hydrogen) atoms. The highest BCUT2D eigenvalue weighted by Gasteiger charge is 2.41. The lowest BCUT2D eigenvalue weighted by Crippen LogP contribution is -2.24. The zero-order valence-electron chi connectivity index (χ0n) is 16.1. The third kappa shape index (κ3) is 3.15. The second kappa shape index (κ2) is 6.40. The van der Waals surface area contributed by atoms with Crippen LogP contribution in [0.4, 0.5) is 0 Å². The van der Waals surface area contributed by atoms with E-state index in [1.807, 2.05) is 26.0 Å². The molecule has 2 aromatic rings. The van der Waals surface area contributed by atoms with Crippen LogP contribution in [0.15, 0.2) is 24.3 Å². The highest BCUT2D eigenvalue weighted by molar-refractivity contribution is 5.54. The van der Waals surface area contributed by atoms with Gasteiger partial charge in [0.25, 0.3) is 0 Å². The minimum atomic E-state index is 0.00667. The molecule has 0 atom stereocenters. The first-order valence-electron chi connectivity index (χ1n) is 9.33. The van der Waals surface area contributed by atoms with E-state index in [4.69, 9.17) is 0 Å². The summed E-state index contributed by atoms with van der Waals surface area (Å²) in [6.07, 6.45) is 4.67. The fourth-order valence-corrected chi connectivity index (χ4v) is 4.82. The van der Waals surface area contributed by atoms with Gasteiger partial charge < -0.3 is 10.2 Å². The first-order chi connectivity index (χ1) is 11.7.